The summed E-state index contributed by atoms with van der Waals surface area (Å²) in [4.78, 5) is 25.3. The predicted octanol–water partition coefficient (Wildman–Crippen LogP) is 2.27. The van der Waals surface area contributed by atoms with Gasteiger partial charge in [0.25, 0.3) is 0 Å². The fourth-order valence-corrected chi connectivity index (χ4v) is 2.98. The van der Waals surface area contributed by atoms with Crippen molar-refractivity contribution < 1.29 is 38.0 Å². The summed E-state index contributed by atoms with van der Waals surface area (Å²) in [7, 11) is 2.80. The number of rotatable bonds is 2. The molecule has 8 nitrogen and oxygen atoms in total. The summed E-state index contributed by atoms with van der Waals surface area (Å²) in [6, 6.07) is 0. The van der Waals surface area contributed by atoms with E-state index in [1.54, 1.807) is 13.8 Å². The molecule has 4 atom stereocenters. The SMILES string of the molecule is C=C1/C=C\CCCOC(=O)[C@@H]2O[C@@](C)(OC)[C@](C)(OC)O[C@H]2C(=O)OCCC1. The second-order valence-corrected chi connectivity index (χ2v) is 7.02. The zero-order valence-corrected chi connectivity index (χ0v) is 17.0. The van der Waals surface area contributed by atoms with Crippen LogP contribution < -0.4 is 0 Å². The van der Waals surface area contributed by atoms with Gasteiger partial charge in [-0.1, -0.05) is 24.3 Å². The van der Waals surface area contributed by atoms with Crippen molar-refractivity contribution in [2.75, 3.05) is 27.4 Å². The Morgan fingerprint density at radius 2 is 1.46 bits per heavy atom. The maximum absolute atomic E-state index is 12.6. The van der Waals surface area contributed by atoms with Crippen molar-refractivity contribution in [2.45, 2.75) is 63.3 Å². The number of methoxy groups -OCH3 is 2. The summed E-state index contributed by atoms with van der Waals surface area (Å²) in [6.07, 6.45) is 3.92. The molecule has 1 saturated heterocycles. The quantitative estimate of drug-likeness (QED) is 0.655. The third-order valence-corrected chi connectivity index (χ3v) is 5.05. The van der Waals surface area contributed by atoms with Crippen LogP contribution in [0.1, 0.15) is 39.5 Å². The smallest absolute Gasteiger partial charge is 0.338 e. The highest BCUT2D eigenvalue weighted by molar-refractivity contribution is 5.86. The number of cyclic esters (lactones) is 2. The first-order chi connectivity index (χ1) is 13.3. The first kappa shape index (κ1) is 22.5. The average molecular weight is 398 g/mol. The van der Waals surface area contributed by atoms with Crippen molar-refractivity contribution in [2.24, 2.45) is 0 Å². The number of carbonyl (C=O) groups excluding carboxylic acids is 2. The second-order valence-electron chi connectivity index (χ2n) is 7.02. The van der Waals surface area contributed by atoms with E-state index in [0.29, 0.717) is 19.3 Å². The Kier molecular flexibility index (Phi) is 7.77. The molecule has 0 spiro atoms. The molecular weight excluding hydrogens is 368 g/mol. The van der Waals surface area contributed by atoms with Gasteiger partial charge < -0.3 is 28.4 Å². The van der Waals surface area contributed by atoms with Crippen LogP contribution >= 0.6 is 0 Å². The Labute approximate surface area is 165 Å². The summed E-state index contributed by atoms with van der Waals surface area (Å²) in [5.74, 6) is -4.32. The lowest BCUT2D eigenvalue weighted by atomic mass is 10.0. The molecule has 0 aromatic carbocycles. The fraction of sp³-hybridized carbons (Fsp3) is 0.700. The summed E-state index contributed by atoms with van der Waals surface area (Å²) >= 11 is 0. The van der Waals surface area contributed by atoms with E-state index >= 15 is 0 Å². The molecule has 0 aliphatic carbocycles. The summed E-state index contributed by atoms with van der Waals surface area (Å²) in [6.45, 7) is 7.45. The Morgan fingerprint density at radius 3 is 1.96 bits per heavy atom. The van der Waals surface area contributed by atoms with E-state index in [1.807, 2.05) is 12.2 Å². The largest absolute Gasteiger partial charge is 0.464 e. The molecule has 0 aromatic rings. The zero-order chi connectivity index (χ0) is 20.8. The van der Waals surface area contributed by atoms with E-state index in [0.717, 1.165) is 12.0 Å². The number of allylic oxidation sites excluding steroid dienone is 3. The van der Waals surface area contributed by atoms with Crippen LogP contribution in [0, 0.1) is 0 Å². The standard InChI is InChI=1S/C20H30O8/c1-14-10-7-6-8-12-25-17(21)15-16(18(22)26-13-9-11-14)28-20(3,24-5)19(2,23-4)27-15/h7,10,15-16H,1,6,8-9,11-13H2,2-5H3/b10-7-/t15-,16-,19-,20-/m1/s1. The molecule has 0 N–H and O–H groups in total. The lowest BCUT2D eigenvalue weighted by Crippen LogP contribution is -2.68. The number of esters is 2. The van der Waals surface area contributed by atoms with Gasteiger partial charge in [-0.25, -0.2) is 9.59 Å². The highest BCUT2D eigenvalue weighted by atomic mass is 16.8. The van der Waals surface area contributed by atoms with Gasteiger partial charge >= 0.3 is 11.9 Å². The fourth-order valence-electron chi connectivity index (χ4n) is 2.98. The molecule has 2 aliphatic heterocycles. The maximum atomic E-state index is 12.6. The number of carbonyl (C=O) groups is 2. The molecular formula is C20H30O8. The normalized spacial score (nSPS) is 37.1. The first-order valence-corrected chi connectivity index (χ1v) is 9.40. The third kappa shape index (κ3) is 5.00. The summed E-state index contributed by atoms with van der Waals surface area (Å²) in [5, 5.41) is 0. The minimum Gasteiger partial charge on any atom is -0.464 e. The van der Waals surface area contributed by atoms with Crippen molar-refractivity contribution in [1.82, 2.24) is 0 Å². The van der Waals surface area contributed by atoms with E-state index in [4.69, 9.17) is 28.4 Å². The van der Waals surface area contributed by atoms with Crippen molar-refractivity contribution in [3.05, 3.63) is 24.3 Å². The van der Waals surface area contributed by atoms with Gasteiger partial charge in [0.1, 0.15) is 0 Å². The van der Waals surface area contributed by atoms with Gasteiger partial charge in [0.2, 0.25) is 11.6 Å². The van der Waals surface area contributed by atoms with Gasteiger partial charge in [0, 0.05) is 14.2 Å². The van der Waals surface area contributed by atoms with Crippen LogP contribution in [-0.4, -0.2) is 63.2 Å². The van der Waals surface area contributed by atoms with Crippen LogP contribution in [0.5, 0.6) is 0 Å². The Bertz CT molecular complexity index is 615. The van der Waals surface area contributed by atoms with E-state index in [2.05, 4.69) is 6.58 Å². The van der Waals surface area contributed by atoms with Gasteiger partial charge in [-0.2, -0.15) is 0 Å². The molecule has 2 rings (SSSR count). The van der Waals surface area contributed by atoms with Gasteiger partial charge in [0.05, 0.1) is 13.2 Å². The molecule has 0 amide bonds. The Hall–Kier alpha value is -1.74. The predicted molar refractivity (Wildman–Crippen MR) is 99.2 cm³/mol. The van der Waals surface area contributed by atoms with E-state index < -0.39 is 35.7 Å². The molecule has 2 heterocycles. The van der Waals surface area contributed by atoms with Crippen LogP contribution in [0.2, 0.25) is 0 Å². The van der Waals surface area contributed by atoms with Gasteiger partial charge in [-0.05, 0) is 39.5 Å². The molecule has 0 unspecified atom stereocenters. The molecule has 8 heteroatoms. The van der Waals surface area contributed by atoms with E-state index in [1.165, 1.54) is 14.2 Å². The summed E-state index contributed by atoms with van der Waals surface area (Å²) in [5.41, 5.74) is 0.945. The third-order valence-electron chi connectivity index (χ3n) is 5.05. The van der Waals surface area contributed by atoms with E-state index in [9.17, 15) is 9.59 Å². The zero-order valence-electron chi connectivity index (χ0n) is 17.0. The van der Waals surface area contributed by atoms with Crippen molar-refractivity contribution in [1.29, 1.82) is 0 Å². The number of hydrogen-bond donors (Lipinski definition) is 0. The van der Waals surface area contributed by atoms with Gasteiger partial charge in [-0.3, -0.25) is 0 Å². The molecule has 1 fully saturated rings. The highest BCUT2D eigenvalue weighted by Gasteiger charge is 2.60. The first-order valence-electron chi connectivity index (χ1n) is 9.40. The minimum atomic E-state index is -1.44. The number of ether oxygens (including phenoxy) is 6. The van der Waals surface area contributed by atoms with Crippen molar-refractivity contribution >= 4 is 11.9 Å². The second kappa shape index (κ2) is 9.65. The lowest BCUT2D eigenvalue weighted by Gasteiger charge is -2.50. The van der Waals surface area contributed by atoms with Crippen LogP contribution in [0.3, 0.4) is 0 Å². The highest BCUT2D eigenvalue weighted by Crippen LogP contribution is 2.39. The monoisotopic (exact) mass is 398 g/mol. The van der Waals surface area contributed by atoms with Crippen LogP contribution in [0.4, 0.5) is 0 Å². The Balaban J connectivity index is 2.25. The average Bonchev–Trinajstić information content (AvgIpc) is 2.68. The van der Waals surface area contributed by atoms with Crippen molar-refractivity contribution in [3.63, 3.8) is 0 Å². The van der Waals surface area contributed by atoms with Crippen LogP contribution in [0.25, 0.3) is 0 Å². The van der Waals surface area contributed by atoms with Gasteiger partial charge in [0.15, 0.2) is 12.2 Å². The molecule has 0 radical (unpaired) electrons. The molecule has 28 heavy (non-hydrogen) atoms. The van der Waals surface area contributed by atoms with Crippen LogP contribution in [-0.2, 0) is 38.0 Å². The Morgan fingerprint density at radius 1 is 0.964 bits per heavy atom. The molecule has 0 aromatic heterocycles. The molecule has 0 saturated carbocycles. The topological polar surface area (TPSA) is 89.5 Å². The van der Waals surface area contributed by atoms with Crippen molar-refractivity contribution in [3.8, 4) is 0 Å². The molecule has 2 aliphatic rings. The van der Waals surface area contributed by atoms with E-state index in [-0.39, 0.29) is 13.2 Å². The minimum absolute atomic E-state index is 0.165. The lowest BCUT2D eigenvalue weighted by molar-refractivity contribution is -0.439. The van der Waals surface area contributed by atoms with Crippen LogP contribution in [0.15, 0.2) is 24.3 Å². The molecule has 0 bridgehead atoms. The number of hydrogen-bond acceptors (Lipinski definition) is 8. The number of fused-ring (bicyclic) bond motifs is 1. The summed E-state index contributed by atoms with van der Waals surface area (Å²) < 4.78 is 33.1. The maximum Gasteiger partial charge on any atom is 0.338 e. The van der Waals surface area contributed by atoms with Gasteiger partial charge in [-0.15, -0.1) is 0 Å². The molecule has 158 valence electrons.